The van der Waals surface area contributed by atoms with Crippen molar-refractivity contribution in [1.29, 1.82) is 0 Å². The van der Waals surface area contributed by atoms with Gasteiger partial charge in [0.25, 0.3) is 0 Å². The second-order valence-corrected chi connectivity index (χ2v) is 3.59. The minimum absolute atomic E-state index is 0.0370. The number of carboxylic acids is 1. The third-order valence-corrected chi connectivity index (χ3v) is 1.82. The quantitative estimate of drug-likeness (QED) is 0.443. The van der Waals surface area contributed by atoms with Gasteiger partial charge < -0.3 is 20.8 Å². The molecule has 16 heavy (non-hydrogen) atoms. The molecule has 0 aromatic heterocycles. The molecule has 0 radical (unpaired) electrons. The van der Waals surface area contributed by atoms with Gasteiger partial charge in [0.05, 0.1) is 6.54 Å². The molecule has 0 aromatic rings. The molecule has 7 heteroatoms. The van der Waals surface area contributed by atoms with Crippen LogP contribution >= 0.6 is 0 Å². The second kappa shape index (κ2) is 6.06. The van der Waals surface area contributed by atoms with Gasteiger partial charge in [-0.15, -0.1) is 0 Å². The second-order valence-electron chi connectivity index (χ2n) is 3.59. The molecule has 0 bridgehead atoms. The van der Waals surface area contributed by atoms with Crippen LogP contribution in [0.1, 0.15) is 20.3 Å². The third-order valence-electron chi connectivity index (χ3n) is 1.82. The van der Waals surface area contributed by atoms with Crippen molar-refractivity contribution in [3.8, 4) is 0 Å². The Bertz CT molecular complexity index is 288. The zero-order chi connectivity index (χ0) is 12.8. The largest absolute Gasteiger partial charge is 0.479 e. The Morgan fingerprint density at radius 1 is 1.25 bits per heavy atom. The van der Waals surface area contributed by atoms with Crippen molar-refractivity contribution in [2.24, 2.45) is 0 Å². The average molecular weight is 232 g/mol. The number of carbonyl (C=O) groups excluding carboxylic acids is 2. The molecule has 7 nitrogen and oxygen atoms in total. The van der Waals surface area contributed by atoms with E-state index in [-0.39, 0.29) is 25.4 Å². The molecule has 4 N–H and O–H groups in total. The first-order valence-corrected chi connectivity index (χ1v) is 4.72. The zero-order valence-electron chi connectivity index (χ0n) is 9.24. The molecule has 0 fully saturated rings. The topological polar surface area (TPSA) is 116 Å². The number of carbonyl (C=O) groups is 3. The van der Waals surface area contributed by atoms with Crippen molar-refractivity contribution >= 4 is 17.8 Å². The number of aliphatic carboxylic acids is 1. The van der Waals surface area contributed by atoms with Gasteiger partial charge in [-0.3, -0.25) is 9.59 Å². The summed E-state index contributed by atoms with van der Waals surface area (Å²) in [6.07, 6.45) is 0.0370. The predicted molar refractivity (Wildman–Crippen MR) is 54.6 cm³/mol. The minimum atomic E-state index is -1.98. The van der Waals surface area contributed by atoms with Gasteiger partial charge in [-0.25, -0.2) is 4.79 Å². The van der Waals surface area contributed by atoms with Crippen molar-refractivity contribution in [3.05, 3.63) is 0 Å². The Morgan fingerprint density at radius 2 is 1.81 bits per heavy atom. The Kier molecular flexibility index (Phi) is 5.44. The lowest BCUT2D eigenvalue weighted by Crippen LogP contribution is -2.46. The van der Waals surface area contributed by atoms with Crippen LogP contribution in [0.2, 0.25) is 0 Å². The van der Waals surface area contributed by atoms with E-state index in [0.29, 0.717) is 0 Å². The fourth-order valence-corrected chi connectivity index (χ4v) is 0.787. The van der Waals surface area contributed by atoms with Crippen LogP contribution in [-0.4, -0.2) is 46.7 Å². The first-order chi connectivity index (χ1) is 7.25. The van der Waals surface area contributed by atoms with Gasteiger partial charge in [0.15, 0.2) is 5.60 Å². The van der Waals surface area contributed by atoms with E-state index in [1.807, 2.05) is 0 Å². The van der Waals surface area contributed by atoms with E-state index in [9.17, 15) is 19.5 Å². The minimum Gasteiger partial charge on any atom is -0.479 e. The fraction of sp³-hybridized carbons (Fsp3) is 0.667. The van der Waals surface area contributed by atoms with Gasteiger partial charge in [-0.1, -0.05) is 0 Å². The maximum absolute atomic E-state index is 11.1. The third kappa shape index (κ3) is 5.97. The van der Waals surface area contributed by atoms with Crippen LogP contribution in [0.25, 0.3) is 0 Å². The lowest BCUT2D eigenvalue weighted by molar-refractivity contribution is -0.156. The van der Waals surface area contributed by atoms with E-state index >= 15 is 0 Å². The van der Waals surface area contributed by atoms with Crippen LogP contribution in [0.4, 0.5) is 0 Å². The number of aliphatic hydroxyl groups is 1. The maximum Gasteiger partial charge on any atom is 0.337 e. The molecule has 0 spiro atoms. The lowest BCUT2D eigenvalue weighted by Gasteiger charge is -2.18. The monoisotopic (exact) mass is 232 g/mol. The van der Waals surface area contributed by atoms with Gasteiger partial charge in [0.1, 0.15) is 0 Å². The molecule has 2 amide bonds. The Morgan fingerprint density at radius 3 is 2.25 bits per heavy atom. The Hall–Kier alpha value is -1.63. The standard InChI is InChI=1S/C9H16N2O5/c1-6(12)10-4-3-7(13)11-5-9(2,16)8(14)15/h16H,3-5H2,1-2H3,(H,10,12)(H,11,13)(H,14,15). The molecule has 0 aliphatic rings. The van der Waals surface area contributed by atoms with Gasteiger partial charge in [-0.05, 0) is 6.92 Å². The predicted octanol–water partition coefficient (Wildman–Crippen LogP) is -1.54. The summed E-state index contributed by atoms with van der Waals surface area (Å²) in [5, 5.41) is 22.5. The number of hydrogen-bond donors (Lipinski definition) is 4. The summed E-state index contributed by atoms with van der Waals surface area (Å²) < 4.78 is 0. The fourth-order valence-electron chi connectivity index (χ4n) is 0.787. The van der Waals surface area contributed by atoms with Gasteiger partial charge >= 0.3 is 5.97 Å². The summed E-state index contributed by atoms with van der Waals surface area (Å²) in [5.74, 6) is -2.09. The first kappa shape index (κ1) is 14.4. The maximum atomic E-state index is 11.1. The molecule has 0 saturated carbocycles. The molecule has 0 aliphatic heterocycles. The molecule has 0 saturated heterocycles. The van der Waals surface area contributed by atoms with Gasteiger partial charge in [0, 0.05) is 19.9 Å². The molecule has 1 unspecified atom stereocenters. The highest BCUT2D eigenvalue weighted by Gasteiger charge is 2.30. The van der Waals surface area contributed by atoms with Crippen LogP contribution < -0.4 is 10.6 Å². The number of carboxylic acid groups (broad SMARTS) is 1. The molecule has 1 atom stereocenters. The highest BCUT2D eigenvalue weighted by atomic mass is 16.4. The molecule has 0 aliphatic carbocycles. The molecule has 0 heterocycles. The summed E-state index contributed by atoms with van der Waals surface area (Å²) in [6.45, 7) is 2.22. The highest BCUT2D eigenvalue weighted by Crippen LogP contribution is 2.00. The van der Waals surface area contributed by atoms with E-state index < -0.39 is 17.5 Å². The van der Waals surface area contributed by atoms with Crippen LogP contribution in [0.5, 0.6) is 0 Å². The first-order valence-electron chi connectivity index (χ1n) is 4.72. The van der Waals surface area contributed by atoms with E-state index in [2.05, 4.69) is 10.6 Å². The summed E-state index contributed by atoms with van der Waals surface area (Å²) >= 11 is 0. The number of amides is 2. The average Bonchev–Trinajstić information content (AvgIpc) is 2.14. The Balaban J connectivity index is 3.82. The van der Waals surface area contributed by atoms with Crippen molar-refractivity contribution in [3.63, 3.8) is 0 Å². The highest BCUT2D eigenvalue weighted by molar-refractivity contribution is 5.80. The number of rotatable bonds is 6. The molecular formula is C9H16N2O5. The van der Waals surface area contributed by atoms with E-state index in [0.717, 1.165) is 6.92 Å². The summed E-state index contributed by atoms with van der Waals surface area (Å²) in [4.78, 5) is 32.1. The van der Waals surface area contributed by atoms with E-state index in [1.54, 1.807) is 0 Å². The summed E-state index contributed by atoms with van der Waals surface area (Å²) in [5.41, 5.74) is -1.98. The smallest absolute Gasteiger partial charge is 0.337 e. The zero-order valence-corrected chi connectivity index (χ0v) is 9.24. The van der Waals surface area contributed by atoms with Gasteiger partial charge in [-0.2, -0.15) is 0 Å². The van der Waals surface area contributed by atoms with Gasteiger partial charge in [0.2, 0.25) is 11.8 Å². The Labute approximate surface area is 92.8 Å². The van der Waals surface area contributed by atoms with Crippen molar-refractivity contribution < 1.29 is 24.6 Å². The van der Waals surface area contributed by atoms with Crippen molar-refractivity contribution in [2.75, 3.05) is 13.1 Å². The number of hydrogen-bond acceptors (Lipinski definition) is 4. The van der Waals surface area contributed by atoms with E-state index in [1.165, 1.54) is 6.92 Å². The normalized spacial score (nSPS) is 13.7. The van der Waals surface area contributed by atoms with Crippen molar-refractivity contribution in [2.45, 2.75) is 25.9 Å². The molecule has 0 aromatic carbocycles. The lowest BCUT2D eigenvalue weighted by atomic mass is 10.1. The van der Waals surface area contributed by atoms with Crippen LogP contribution in [-0.2, 0) is 14.4 Å². The summed E-state index contributed by atoms with van der Waals surface area (Å²) in [7, 11) is 0. The SMILES string of the molecule is CC(=O)NCCC(=O)NCC(C)(O)C(=O)O. The summed E-state index contributed by atoms with van der Waals surface area (Å²) in [6, 6.07) is 0. The van der Waals surface area contributed by atoms with Crippen LogP contribution in [0, 0.1) is 0 Å². The van der Waals surface area contributed by atoms with Crippen LogP contribution in [0.15, 0.2) is 0 Å². The van der Waals surface area contributed by atoms with E-state index in [4.69, 9.17) is 5.11 Å². The molecular weight excluding hydrogens is 216 g/mol. The molecule has 0 rings (SSSR count). The number of nitrogens with one attached hydrogen (secondary N) is 2. The van der Waals surface area contributed by atoms with Crippen LogP contribution in [0.3, 0.4) is 0 Å². The molecule has 92 valence electrons. The van der Waals surface area contributed by atoms with Crippen molar-refractivity contribution in [1.82, 2.24) is 10.6 Å².